The summed E-state index contributed by atoms with van der Waals surface area (Å²) in [6.07, 6.45) is 3.08. The van der Waals surface area contributed by atoms with Crippen molar-refractivity contribution < 1.29 is 0 Å². The molecule has 6 nitrogen and oxygen atoms in total. The Morgan fingerprint density at radius 1 is 1.31 bits per heavy atom. The molecule has 0 radical (unpaired) electrons. The number of nitrogens with zero attached hydrogens (tertiary/aromatic N) is 4. The first kappa shape index (κ1) is 20.0. The number of halogens is 1. The van der Waals surface area contributed by atoms with Crippen LogP contribution in [-0.2, 0) is 6.42 Å². The van der Waals surface area contributed by atoms with Gasteiger partial charge in [0.25, 0.3) is 0 Å². The number of nitriles is 1. The monoisotopic (exact) mass is 372 g/mol. The van der Waals surface area contributed by atoms with Crippen molar-refractivity contribution in [1.82, 2.24) is 15.3 Å². The molecule has 1 aliphatic heterocycles. The van der Waals surface area contributed by atoms with E-state index in [-0.39, 0.29) is 12.4 Å². The number of likely N-dealkylation sites (N-methyl/N-ethyl adjacent to an activating group) is 1. The van der Waals surface area contributed by atoms with Gasteiger partial charge in [-0.2, -0.15) is 10.2 Å². The summed E-state index contributed by atoms with van der Waals surface area (Å²) < 4.78 is 0. The Labute approximate surface area is 161 Å². The van der Waals surface area contributed by atoms with E-state index in [0.717, 1.165) is 49.6 Å². The van der Waals surface area contributed by atoms with Crippen molar-refractivity contribution in [3.8, 4) is 6.07 Å². The second kappa shape index (κ2) is 9.37. The van der Waals surface area contributed by atoms with Gasteiger partial charge in [-0.1, -0.05) is 19.4 Å². The molecule has 3 rings (SSSR count). The van der Waals surface area contributed by atoms with E-state index in [9.17, 15) is 0 Å². The van der Waals surface area contributed by atoms with E-state index in [1.54, 1.807) is 6.07 Å². The molecule has 1 aromatic heterocycles. The number of hydrogen-bond acceptors (Lipinski definition) is 6. The molecule has 0 spiro atoms. The molecule has 1 aromatic carbocycles. The molecular weight excluding hydrogens is 348 g/mol. The lowest BCUT2D eigenvalue weighted by atomic mass is 10.2. The number of aryl methyl sites for hydroxylation is 1. The van der Waals surface area contributed by atoms with Gasteiger partial charge in [-0.15, -0.1) is 12.4 Å². The van der Waals surface area contributed by atoms with Gasteiger partial charge >= 0.3 is 0 Å². The highest BCUT2D eigenvalue weighted by Crippen LogP contribution is 2.23. The van der Waals surface area contributed by atoms with Crippen molar-refractivity contribution in [2.45, 2.75) is 32.2 Å². The molecule has 138 valence electrons. The quantitative estimate of drug-likeness (QED) is 0.810. The summed E-state index contributed by atoms with van der Waals surface area (Å²) in [7, 11) is 2.01. The molecule has 1 aliphatic rings. The largest absolute Gasteiger partial charge is 0.355 e. The minimum absolute atomic E-state index is 0. The third-order valence-corrected chi connectivity index (χ3v) is 4.44. The number of aromatic nitrogens is 2. The van der Waals surface area contributed by atoms with Crippen molar-refractivity contribution >= 4 is 29.9 Å². The van der Waals surface area contributed by atoms with Gasteiger partial charge in [0, 0.05) is 36.6 Å². The van der Waals surface area contributed by atoms with Crippen LogP contribution in [0.1, 0.15) is 31.0 Å². The molecule has 0 bridgehead atoms. The molecule has 0 aliphatic carbocycles. The lowest BCUT2D eigenvalue weighted by molar-refractivity contribution is 0.616. The molecule has 26 heavy (non-hydrogen) atoms. The molecule has 0 saturated carbocycles. The van der Waals surface area contributed by atoms with E-state index in [0.29, 0.717) is 17.6 Å². The van der Waals surface area contributed by atoms with Gasteiger partial charge in [0.05, 0.1) is 11.6 Å². The molecular formula is C19H25ClN6. The van der Waals surface area contributed by atoms with Crippen LogP contribution in [0.15, 0.2) is 30.3 Å². The van der Waals surface area contributed by atoms with Crippen molar-refractivity contribution in [2.75, 3.05) is 30.4 Å². The Bertz CT molecular complexity index is 773. The lowest BCUT2D eigenvalue weighted by Crippen LogP contribution is -2.30. The summed E-state index contributed by atoms with van der Waals surface area (Å²) in [5, 5.41) is 15.6. The smallest absolute Gasteiger partial charge is 0.229 e. The Morgan fingerprint density at radius 3 is 2.85 bits per heavy atom. The van der Waals surface area contributed by atoms with Gasteiger partial charge in [0.1, 0.15) is 5.82 Å². The third-order valence-electron chi connectivity index (χ3n) is 4.44. The van der Waals surface area contributed by atoms with Gasteiger partial charge in [0.15, 0.2) is 0 Å². The zero-order valence-electron chi connectivity index (χ0n) is 15.2. The van der Waals surface area contributed by atoms with Crippen LogP contribution in [0.2, 0.25) is 0 Å². The van der Waals surface area contributed by atoms with Crippen molar-refractivity contribution in [3.63, 3.8) is 0 Å². The van der Waals surface area contributed by atoms with E-state index >= 15 is 0 Å². The molecule has 2 N–H and O–H groups in total. The second-order valence-corrected chi connectivity index (χ2v) is 6.33. The maximum absolute atomic E-state index is 9.06. The fourth-order valence-corrected chi connectivity index (χ4v) is 3.08. The maximum Gasteiger partial charge on any atom is 0.229 e. The summed E-state index contributed by atoms with van der Waals surface area (Å²) in [6.45, 7) is 4.11. The van der Waals surface area contributed by atoms with Crippen LogP contribution in [0.25, 0.3) is 0 Å². The number of anilines is 3. The predicted octanol–water partition coefficient (Wildman–Crippen LogP) is 3.26. The van der Waals surface area contributed by atoms with Crippen LogP contribution >= 0.6 is 12.4 Å². The number of rotatable bonds is 6. The highest BCUT2D eigenvalue weighted by Gasteiger charge is 2.23. The average molecular weight is 373 g/mol. The summed E-state index contributed by atoms with van der Waals surface area (Å²) in [4.78, 5) is 11.7. The second-order valence-electron chi connectivity index (χ2n) is 6.33. The molecule has 7 heteroatoms. The number of hydrogen-bond donors (Lipinski definition) is 2. The van der Waals surface area contributed by atoms with Crippen LogP contribution in [0, 0.1) is 11.3 Å². The topological polar surface area (TPSA) is 76.9 Å². The highest BCUT2D eigenvalue weighted by atomic mass is 35.5. The van der Waals surface area contributed by atoms with Gasteiger partial charge in [0.2, 0.25) is 5.95 Å². The van der Waals surface area contributed by atoms with E-state index < -0.39 is 0 Å². The first-order valence-corrected chi connectivity index (χ1v) is 8.79. The third kappa shape index (κ3) is 4.84. The first-order chi connectivity index (χ1) is 12.2. The van der Waals surface area contributed by atoms with Crippen molar-refractivity contribution in [1.29, 1.82) is 5.26 Å². The maximum atomic E-state index is 9.06. The Kier molecular flexibility index (Phi) is 7.19. The summed E-state index contributed by atoms with van der Waals surface area (Å²) in [5.74, 6) is 1.55. The van der Waals surface area contributed by atoms with E-state index in [1.807, 2.05) is 25.2 Å². The standard InChI is InChI=1S/C19H24N6.ClH/c1-3-5-15-11-18(25-9-8-17(13-25)21-2)24-19(22-15)23-16-7-4-6-14(10-16)12-20;/h4,6-7,10-11,17,21H,3,5,8-9,13H2,1-2H3,(H,22,23,24);1H/t17-;/m0./s1. The SMILES string of the molecule is CCCc1cc(N2CC[C@H](NC)C2)nc(Nc2cccc(C#N)c2)n1.Cl. The predicted molar refractivity (Wildman–Crippen MR) is 107 cm³/mol. The van der Waals surface area contributed by atoms with E-state index in [4.69, 9.17) is 10.2 Å². The molecule has 2 aromatic rings. The Hall–Kier alpha value is -2.36. The first-order valence-electron chi connectivity index (χ1n) is 8.79. The highest BCUT2D eigenvalue weighted by molar-refractivity contribution is 5.85. The zero-order valence-corrected chi connectivity index (χ0v) is 16.0. The van der Waals surface area contributed by atoms with Gasteiger partial charge in [-0.05, 0) is 38.1 Å². The summed E-state index contributed by atoms with van der Waals surface area (Å²) >= 11 is 0. The molecule has 1 saturated heterocycles. The number of benzene rings is 1. The Morgan fingerprint density at radius 2 is 2.15 bits per heavy atom. The van der Waals surface area contributed by atoms with E-state index in [1.165, 1.54) is 0 Å². The van der Waals surface area contributed by atoms with Crippen LogP contribution in [-0.4, -0.2) is 36.1 Å². The average Bonchev–Trinajstić information content (AvgIpc) is 3.11. The fraction of sp³-hybridized carbons (Fsp3) is 0.421. The molecule has 0 unspecified atom stereocenters. The van der Waals surface area contributed by atoms with Crippen molar-refractivity contribution in [2.24, 2.45) is 0 Å². The van der Waals surface area contributed by atoms with Crippen LogP contribution in [0.4, 0.5) is 17.5 Å². The zero-order chi connectivity index (χ0) is 17.6. The minimum atomic E-state index is 0. The number of nitrogens with one attached hydrogen (secondary N) is 2. The molecule has 0 amide bonds. The van der Waals surface area contributed by atoms with Gasteiger partial charge in [-0.25, -0.2) is 4.98 Å². The van der Waals surface area contributed by atoms with Gasteiger partial charge < -0.3 is 15.5 Å². The minimum Gasteiger partial charge on any atom is -0.355 e. The van der Waals surface area contributed by atoms with Crippen molar-refractivity contribution in [3.05, 3.63) is 41.6 Å². The molecule has 2 heterocycles. The lowest BCUT2D eigenvalue weighted by Gasteiger charge is -2.19. The van der Waals surface area contributed by atoms with Crippen LogP contribution < -0.4 is 15.5 Å². The van der Waals surface area contributed by atoms with Gasteiger partial charge in [-0.3, -0.25) is 0 Å². The Balaban J connectivity index is 0.00000243. The molecule has 1 fully saturated rings. The van der Waals surface area contributed by atoms with Crippen LogP contribution in [0.5, 0.6) is 0 Å². The molecule has 1 atom stereocenters. The van der Waals surface area contributed by atoms with Crippen LogP contribution in [0.3, 0.4) is 0 Å². The van der Waals surface area contributed by atoms with E-state index in [2.05, 4.69) is 39.6 Å². The normalized spacial score (nSPS) is 16.0. The summed E-state index contributed by atoms with van der Waals surface area (Å²) in [6, 6.07) is 12.1. The summed E-state index contributed by atoms with van der Waals surface area (Å²) in [5.41, 5.74) is 2.49. The fourth-order valence-electron chi connectivity index (χ4n) is 3.08.